The molecule has 0 bridgehead atoms. The van der Waals surface area contributed by atoms with Gasteiger partial charge in [0.05, 0.1) is 121 Å². The molecule has 17 aromatic heterocycles. The highest BCUT2D eigenvalue weighted by Crippen LogP contribution is 2.36. The molecule has 744 valence electrons. The molecule has 25 rings (SSSR count). The molecule has 1 atom stereocenters. The van der Waals surface area contributed by atoms with E-state index >= 15 is 0 Å². The molecule has 146 heavy (non-hydrogen) atoms. The van der Waals surface area contributed by atoms with Gasteiger partial charge in [0.2, 0.25) is 0 Å². The fourth-order valence-electron chi connectivity index (χ4n) is 21.5. The Morgan fingerprint density at radius 3 is 1.27 bits per heavy atom. The van der Waals surface area contributed by atoms with Crippen LogP contribution in [0.1, 0.15) is 132 Å². The molecular weight excluding hydrogens is 1830 g/mol. The predicted molar refractivity (Wildman–Crippen MR) is 577 cm³/mol. The number of aryl methyl sites for hydroxylation is 12. The summed E-state index contributed by atoms with van der Waals surface area (Å²) in [5.41, 5.74) is 31.7. The quantitative estimate of drug-likeness (QED) is 0.0882. The summed E-state index contributed by atoms with van der Waals surface area (Å²) in [4.78, 5) is 105. The Bertz CT molecular complexity index is 8670. The molecule has 5 aliphatic rings. The third-order valence-corrected chi connectivity index (χ3v) is 29.0. The maximum atomic E-state index is 13.1. The van der Waals surface area contributed by atoms with Gasteiger partial charge in [0.1, 0.15) is 39.6 Å². The van der Waals surface area contributed by atoms with Gasteiger partial charge < -0.3 is 36.0 Å². The molecule has 0 unspecified atom stereocenters. The number of nitrogens with zero attached hydrogens (tertiary/aromatic N) is 25. The zero-order chi connectivity index (χ0) is 101. The first-order valence-electron chi connectivity index (χ1n) is 50.6. The van der Waals surface area contributed by atoms with E-state index in [9.17, 15) is 24.0 Å². The highest BCUT2D eigenvalue weighted by molar-refractivity contribution is 5.90. The van der Waals surface area contributed by atoms with Crippen LogP contribution in [0.15, 0.2) is 219 Å². The van der Waals surface area contributed by atoms with Gasteiger partial charge in [-0.2, -0.15) is 25.5 Å². The first-order chi connectivity index (χ1) is 70.6. The second-order valence-electron chi connectivity index (χ2n) is 39.5. The minimum absolute atomic E-state index is 0.0419. The number of fused-ring (bicyclic) bond motifs is 10. The molecule has 0 radical (unpaired) electrons. The Morgan fingerprint density at radius 1 is 0.363 bits per heavy atom. The normalized spacial score (nSPS) is 15.6. The number of hydrogen-bond acceptors (Lipinski definition) is 24. The van der Waals surface area contributed by atoms with Crippen LogP contribution in [0.4, 0.5) is 11.4 Å². The van der Waals surface area contributed by atoms with Gasteiger partial charge in [0, 0.05) is 174 Å². The maximum Gasteiger partial charge on any atom is 0.258 e. The molecule has 4 N–H and O–H groups in total. The molecule has 4 saturated heterocycles. The lowest BCUT2D eigenvalue weighted by Crippen LogP contribution is -2.49. The van der Waals surface area contributed by atoms with Gasteiger partial charge in [-0.1, -0.05) is 32.1 Å². The second-order valence-corrected chi connectivity index (χ2v) is 39.5. The van der Waals surface area contributed by atoms with Crippen molar-refractivity contribution in [2.24, 2.45) is 21.1 Å². The number of anilines is 2. The minimum atomic E-state index is -0.100. The number of piperazine rings is 2. The zero-order valence-corrected chi connectivity index (χ0v) is 85.1. The molecule has 4 fully saturated rings. The van der Waals surface area contributed by atoms with Crippen molar-refractivity contribution in [3.63, 3.8) is 0 Å². The van der Waals surface area contributed by atoms with Crippen molar-refractivity contribution in [3.05, 3.63) is 314 Å². The highest BCUT2D eigenvalue weighted by atomic mass is 16.1. The fraction of sp³-hybridized carbons (Fsp3) is 0.330. The molecule has 5 aliphatic heterocycles. The standard InChI is InChI=1S/C24H28N6O.C23H24N6O.C22H24N6O.C22H23N5O.C21H22N6O/c1-5-19-22-11-21(27-30(22)13-16(3)25-19)20-12-23(31)29-14-18(10-15(2)24(29)26-20)17-6-8-28(4)9-7-17;1-4-18-21-10-20(27-29(21)12-15(3)25-18)19-11-22(30)28-13-17(9-14(2)23(28)26-19)16-5-7-24-8-6-16;1-14-8-16(9-17-11-24-26(3)22(14)17)19-10-21(29)28-13-18(4-5-20(28)25-19)27-7-6-23-15(2)12-27;1-14-9-17(10-18-12-24-26(2)22(14)18)19-11-21(28)27-13-16(3-4-20(27)25-19)15-5-7-23-8-6-15;1-14-9-15(10-16-12-23-25(2)21(14)16)18-11-20(28)27-13-17(3-4-19(27)24-18)26-7-5-22-6-8-26/h10-14,17H,5-9H2,1-4H3;5,9-13,24H,4,6-8H2,1-3H3;4-5,8-11,13,15,23H,6-7,12H2,1-3H3;3-4,9-13,15,23H,5-8H2,1-2H3;3-4,9-13,22H,5-8H2,1-2H3/t;;15-;;/m..0../s1. The molecule has 34 nitrogen and oxygen atoms in total. The molecule has 22 heterocycles. The van der Waals surface area contributed by atoms with Gasteiger partial charge in [-0.15, -0.1) is 0 Å². The minimum Gasteiger partial charge on any atom is -0.368 e. The smallest absolute Gasteiger partial charge is 0.258 e. The van der Waals surface area contributed by atoms with Gasteiger partial charge in [-0.05, 0) is 287 Å². The summed E-state index contributed by atoms with van der Waals surface area (Å²) in [7, 11) is 7.98. The van der Waals surface area contributed by atoms with Crippen molar-refractivity contribution >= 4 is 88.9 Å². The third-order valence-electron chi connectivity index (χ3n) is 29.0. The number of nitrogens with one attached hydrogen (secondary N) is 4. The fourth-order valence-corrected chi connectivity index (χ4v) is 21.5. The Labute approximate surface area is 841 Å². The zero-order valence-electron chi connectivity index (χ0n) is 85.1. The van der Waals surface area contributed by atoms with Crippen molar-refractivity contribution < 1.29 is 0 Å². The van der Waals surface area contributed by atoms with E-state index in [1.807, 2.05) is 182 Å². The van der Waals surface area contributed by atoms with E-state index in [2.05, 4.69) is 175 Å². The van der Waals surface area contributed by atoms with Crippen molar-refractivity contribution in [3.8, 4) is 56.5 Å². The second kappa shape index (κ2) is 40.5. The average Bonchev–Trinajstić information content (AvgIpc) is 1.64. The van der Waals surface area contributed by atoms with E-state index in [4.69, 9.17) is 24.9 Å². The van der Waals surface area contributed by atoms with E-state index in [1.54, 1.807) is 52.3 Å². The van der Waals surface area contributed by atoms with Crippen molar-refractivity contribution in [2.75, 3.05) is 102 Å². The number of rotatable bonds is 12. The van der Waals surface area contributed by atoms with Gasteiger partial charge in [-0.25, -0.2) is 34.0 Å². The molecule has 20 aromatic rings. The van der Waals surface area contributed by atoms with E-state index < -0.39 is 0 Å². The summed E-state index contributed by atoms with van der Waals surface area (Å²) in [5.74, 6) is 1.00. The van der Waals surface area contributed by atoms with Crippen LogP contribution in [0, 0.1) is 48.5 Å². The topological polar surface area (TPSA) is 344 Å². The summed E-state index contributed by atoms with van der Waals surface area (Å²) in [5, 5.41) is 39.0. The lowest BCUT2D eigenvalue weighted by molar-refractivity contribution is 0.255. The summed E-state index contributed by atoms with van der Waals surface area (Å²) < 4.78 is 17.6. The predicted octanol–water partition coefficient (Wildman–Crippen LogP) is 13.7. The number of piperidine rings is 2. The van der Waals surface area contributed by atoms with Crippen LogP contribution in [0.2, 0.25) is 0 Å². The summed E-state index contributed by atoms with van der Waals surface area (Å²) >= 11 is 0. The van der Waals surface area contributed by atoms with E-state index in [0.717, 1.165) is 258 Å². The van der Waals surface area contributed by atoms with E-state index in [-0.39, 0.29) is 27.8 Å². The summed E-state index contributed by atoms with van der Waals surface area (Å²) in [6.45, 7) is 33.1. The van der Waals surface area contributed by atoms with E-state index in [0.29, 0.717) is 86.0 Å². The first-order valence-corrected chi connectivity index (χ1v) is 50.6. The monoisotopic (exact) mass is 1950 g/mol. The maximum absolute atomic E-state index is 13.1. The largest absolute Gasteiger partial charge is 0.368 e. The van der Waals surface area contributed by atoms with Crippen LogP contribution in [0.3, 0.4) is 0 Å². The van der Waals surface area contributed by atoms with Crippen LogP contribution in [-0.2, 0) is 34.0 Å². The molecule has 34 heteroatoms. The SMILES string of the molecule is CCc1nc(C)cn2nc(-c3cc(=O)n4cc(C5=CCNCC5)cc(C)c4n3)cc12.CCc1nc(C)cn2nc(-c3cc(=O)n4cc(C5CCN(C)CC5)cc(C)c4n3)cc12.Cc1cc(-c2cc(=O)n3cc(C4CCNCC4)ccc3n2)cc2cnn(C)c12.Cc1cc(-c2cc(=O)n3cc(N4CCNCC4)ccc3n2)cc2cnn(C)c12.Cc1cc(-c2cc(=O)n3cc(N4CCN[C@@H](C)C4)ccc3n2)cc2cnn(C)c12. The molecule has 3 aromatic carbocycles. The molecule has 0 spiro atoms. The van der Waals surface area contributed by atoms with E-state index in [1.165, 1.54) is 16.7 Å². The first kappa shape index (κ1) is 96.4. The molecule has 0 aliphatic carbocycles. The Hall–Kier alpha value is -15.8. The number of pyridine rings is 5. The van der Waals surface area contributed by atoms with Crippen molar-refractivity contribution in [1.82, 2.24) is 132 Å². The Balaban J connectivity index is 0.000000107. The lowest BCUT2D eigenvalue weighted by atomic mass is 9.90. The van der Waals surface area contributed by atoms with Gasteiger partial charge in [0.25, 0.3) is 27.8 Å². The van der Waals surface area contributed by atoms with Crippen LogP contribution in [0.5, 0.6) is 0 Å². The number of likely N-dealkylation sites (tertiary alicyclic amines) is 1. The Morgan fingerprint density at radius 2 is 0.788 bits per heavy atom. The van der Waals surface area contributed by atoms with Crippen molar-refractivity contribution in [2.45, 2.75) is 132 Å². The Kier molecular flexibility index (Phi) is 26.7. The van der Waals surface area contributed by atoms with Crippen LogP contribution < -0.4 is 58.9 Å². The third kappa shape index (κ3) is 19.5. The molecule has 0 amide bonds. The van der Waals surface area contributed by atoms with Gasteiger partial charge in [-0.3, -0.25) is 70.0 Å². The number of benzene rings is 3. The van der Waals surface area contributed by atoms with Crippen LogP contribution >= 0.6 is 0 Å². The lowest BCUT2D eigenvalue weighted by Gasteiger charge is -2.33. The summed E-state index contributed by atoms with van der Waals surface area (Å²) in [6, 6.07) is 41.1. The van der Waals surface area contributed by atoms with Crippen LogP contribution in [0.25, 0.3) is 134 Å². The number of hydrogen-bond donors (Lipinski definition) is 4. The summed E-state index contributed by atoms with van der Waals surface area (Å²) in [6.07, 6.45) is 28.3. The van der Waals surface area contributed by atoms with Crippen LogP contribution in [-0.4, -0.2) is 209 Å². The van der Waals surface area contributed by atoms with Crippen molar-refractivity contribution in [1.29, 1.82) is 0 Å². The molecular formula is C112H121N29O5. The van der Waals surface area contributed by atoms with Gasteiger partial charge in [0.15, 0.2) is 0 Å². The van der Waals surface area contributed by atoms with Gasteiger partial charge >= 0.3 is 0 Å². The number of aromatic nitrogens is 22. The average molecular weight is 1950 g/mol. The highest BCUT2D eigenvalue weighted by Gasteiger charge is 2.26. The molecule has 0 saturated carbocycles.